The molecule has 3 aromatic rings. The molecule has 0 radical (unpaired) electrons. The molecule has 3 rings (SSSR count). The first-order valence-electron chi connectivity index (χ1n) is 6.50. The first-order chi connectivity index (χ1) is 11.0. The van der Waals surface area contributed by atoms with E-state index in [-0.39, 0.29) is 11.7 Å². The number of nitrogens with zero attached hydrogens (tertiary/aromatic N) is 3. The third-order valence-electron chi connectivity index (χ3n) is 3.05. The van der Waals surface area contributed by atoms with Crippen LogP contribution in [0.1, 0.15) is 16.1 Å². The van der Waals surface area contributed by atoms with Gasteiger partial charge in [-0.2, -0.15) is 10.2 Å². The number of hydrogen-bond donors (Lipinski definition) is 2. The first kappa shape index (κ1) is 15.9. The third-order valence-corrected chi connectivity index (χ3v) is 4.22. The maximum atomic E-state index is 13.0. The normalized spacial score (nSPS) is 10.7. The van der Waals surface area contributed by atoms with Crippen LogP contribution >= 0.6 is 34.2 Å². The summed E-state index contributed by atoms with van der Waals surface area (Å²) < 4.78 is 15.4. The zero-order valence-electron chi connectivity index (χ0n) is 11.6. The highest BCUT2D eigenvalue weighted by Crippen LogP contribution is 2.18. The van der Waals surface area contributed by atoms with Gasteiger partial charge in [0.25, 0.3) is 5.91 Å². The average molecular weight is 446 g/mol. The standard InChI is InChI=1S/C14H10ClFIN5O/c15-10-5-9(16)2-1-8(10)7-22-4-3-12(21-22)19-14(23)13-11(17)6-18-20-13/h1-6H,7H2,(H,18,20)(H,19,21,23). The molecule has 1 aromatic carbocycles. The fourth-order valence-electron chi connectivity index (χ4n) is 1.95. The summed E-state index contributed by atoms with van der Waals surface area (Å²) in [5.41, 5.74) is 1.11. The molecule has 0 fully saturated rings. The van der Waals surface area contributed by atoms with E-state index in [0.29, 0.717) is 23.1 Å². The van der Waals surface area contributed by atoms with Crippen molar-refractivity contribution in [2.24, 2.45) is 0 Å². The molecule has 0 bridgehead atoms. The Morgan fingerprint density at radius 3 is 2.96 bits per heavy atom. The zero-order chi connectivity index (χ0) is 16.4. The number of rotatable bonds is 4. The van der Waals surface area contributed by atoms with Crippen LogP contribution in [0.25, 0.3) is 0 Å². The van der Waals surface area contributed by atoms with Gasteiger partial charge in [0, 0.05) is 17.3 Å². The lowest BCUT2D eigenvalue weighted by molar-refractivity contribution is 0.102. The number of aromatic nitrogens is 4. The number of carbonyl (C=O) groups excluding carboxylic acids is 1. The smallest absolute Gasteiger partial charge is 0.275 e. The lowest BCUT2D eigenvalue weighted by atomic mass is 10.2. The summed E-state index contributed by atoms with van der Waals surface area (Å²) in [4.78, 5) is 12.1. The molecule has 0 saturated heterocycles. The molecule has 2 aromatic heterocycles. The molecule has 23 heavy (non-hydrogen) atoms. The molecule has 0 aliphatic carbocycles. The number of carbonyl (C=O) groups is 1. The van der Waals surface area contributed by atoms with Crippen molar-refractivity contribution in [1.82, 2.24) is 20.0 Å². The van der Waals surface area contributed by atoms with Crippen molar-refractivity contribution < 1.29 is 9.18 Å². The van der Waals surface area contributed by atoms with Crippen LogP contribution in [-0.4, -0.2) is 25.9 Å². The maximum absolute atomic E-state index is 13.0. The van der Waals surface area contributed by atoms with Gasteiger partial charge in [-0.25, -0.2) is 4.39 Å². The van der Waals surface area contributed by atoms with E-state index >= 15 is 0 Å². The van der Waals surface area contributed by atoms with E-state index in [1.54, 1.807) is 29.2 Å². The summed E-state index contributed by atoms with van der Waals surface area (Å²) in [6.07, 6.45) is 3.26. The monoisotopic (exact) mass is 445 g/mol. The number of benzene rings is 1. The van der Waals surface area contributed by atoms with E-state index < -0.39 is 0 Å². The van der Waals surface area contributed by atoms with Gasteiger partial charge in [-0.1, -0.05) is 17.7 Å². The highest BCUT2D eigenvalue weighted by atomic mass is 127. The van der Waals surface area contributed by atoms with Crippen molar-refractivity contribution in [3.05, 3.63) is 62.3 Å². The van der Waals surface area contributed by atoms with Gasteiger partial charge < -0.3 is 5.32 Å². The Morgan fingerprint density at radius 1 is 1.43 bits per heavy atom. The lowest BCUT2D eigenvalue weighted by Gasteiger charge is -2.05. The summed E-state index contributed by atoms with van der Waals surface area (Å²) in [5.74, 6) is -0.308. The number of amides is 1. The van der Waals surface area contributed by atoms with Gasteiger partial charge in [-0.05, 0) is 40.3 Å². The van der Waals surface area contributed by atoms with Gasteiger partial charge in [-0.3, -0.25) is 14.6 Å². The van der Waals surface area contributed by atoms with Gasteiger partial charge >= 0.3 is 0 Å². The fraction of sp³-hybridized carbons (Fsp3) is 0.0714. The predicted octanol–water partition coefficient (Wildman–Crippen LogP) is 3.30. The summed E-state index contributed by atoms with van der Waals surface area (Å²) >= 11 is 8.01. The molecule has 6 nitrogen and oxygen atoms in total. The van der Waals surface area contributed by atoms with E-state index in [0.717, 1.165) is 9.13 Å². The van der Waals surface area contributed by atoms with Crippen molar-refractivity contribution in [2.75, 3.05) is 5.32 Å². The number of anilines is 1. The lowest BCUT2D eigenvalue weighted by Crippen LogP contribution is -2.14. The highest BCUT2D eigenvalue weighted by Gasteiger charge is 2.13. The van der Waals surface area contributed by atoms with Crippen LogP contribution in [-0.2, 0) is 6.54 Å². The van der Waals surface area contributed by atoms with Gasteiger partial charge in [0.1, 0.15) is 11.5 Å². The first-order valence-corrected chi connectivity index (χ1v) is 7.96. The van der Waals surface area contributed by atoms with Crippen LogP contribution in [0.3, 0.4) is 0 Å². The van der Waals surface area contributed by atoms with Crippen LogP contribution in [0.5, 0.6) is 0 Å². The van der Waals surface area contributed by atoms with E-state index in [2.05, 4.69) is 20.6 Å². The molecule has 118 valence electrons. The molecule has 0 aliphatic heterocycles. The number of halogens is 3. The predicted molar refractivity (Wildman–Crippen MR) is 92.0 cm³/mol. The van der Waals surface area contributed by atoms with Crippen molar-refractivity contribution in [3.63, 3.8) is 0 Å². The fourth-order valence-corrected chi connectivity index (χ4v) is 2.68. The largest absolute Gasteiger partial charge is 0.304 e. The van der Waals surface area contributed by atoms with Crippen LogP contribution in [0.15, 0.2) is 36.7 Å². The number of hydrogen-bond acceptors (Lipinski definition) is 3. The summed E-state index contributed by atoms with van der Waals surface area (Å²) in [6.45, 7) is 0.372. The van der Waals surface area contributed by atoms with E-state index in [1.807, 2.05) is 22.6 Å². The Morgan fingerprint density at radius 2 is 2.26 bits per heavy atom. The van der Waals surface area contributed by atoms with Crippen LogP contribution < -0.4 is 5.32 Å². The van der Waals surface area contributed by atoms with Gasteiger partial charge in [-0.15, -0.1) is 0 Å². The SMILES string of the molecule is O=C(Nc1ccn(Cc2ccc(F)cc2Cl)n1)c1[nH]ncc1I. The van der Waals surface area contributed by atoms with Crippen LogP contribution in [0, 0.1) is 9.39 Å². The number of nitrogens with one attached hydrogen (secondary N) is 2. The molecule has 0 aliphatic rings. The summed E-state index contributed by atoms with van der Waals surface area (Å²) in [5, 5.41) is 13.7. The molecule has 0 saturated carbocycles. The second kappa shape index (κ2) is 6.67. The Bertz CT molecular complexity index is 862. The second-order valence-corrected chi connectivity index (χ2v) is 6.25. The molecule has 2 N–H and O–H groups in total. The van der Waals surface area contributed by atoms with E-state index in [1.165, 1.54) is 12.1 Å². The number of aromatic amines is 1. The Labute approximate surface area is 149 Å². The van der Waals surface area contributed by atoms with Crippen LogP contribution in [0.4, 0.5) is 10.2 Å². The quantitative estimate of drug-likeness (QED) is 0.605. The molecular weight excluding hydrogens is 436 g/mol. The van der Waals surface area contributed by atoms with Crippen molar-refractivity contribution in [1.29, 1.82) is 0 Å². The molecule has 1 amide bonds. The Hall–Kier alpha value is -1.94. The van der Waals surface area contributed by atoms with Crippen molar-refractivity contribution in [3.8, 4) is 0 Å². The molecule has 9 heteroatoms. The minimum atomic E-state index is -0.388. The van der Waals surface area contributed by atoms with Gasteiger partial charge in [0.2, 0.25) is 0 Å². The summed E-state index contributed by atoms with van der Waals surface area (Å²) in [7, 11) is 0. The minimum absolute atomic E-state index is 0.322. The van der Waals surface area contributed by atoms with E-state index in [9.17, 15) is 9.18 Å². The third kappa shape index (κ3) is 3.70. The topological polar surface area (TPSA) is 75.6 Å². The van der Waals surface area contributed by atoms with Crippen molar-refractivity contribution in [2.45, 2.75) is 6.54 Å². The zero-order valence-corrected chi connectivity index (χ0v) is 14.5. The minimum Gasteiger partial charge on any atom is -0.304 e. The number of H-pyrrole nitrogens is 1. The van der Waals surface area contributed by atoms with Gasteiger partial charge in [0.15, 0.2) is 5.82 Å². The summed E-state index contributed by atoms with van der Waals surface area (Å²) in [6, 6.07) is 5.86. The Kier molecular flexibility index (Phi) is 4.62. The second-order valence-electron chi connectivity index (χ2n) is 4.68. The molecule has 0 atom stereocenters. The van der Waals surface area contributed by atoms with Crippen LogP contribution in [0.2, 0.25) is 5.02 Å². The van der Waals surface area contributed by atoms with Crippen molar-refractivity contribution >= 4 is 45.9 Å². The molecule has 0 unspecified atom stereocenters. The maximum Gasteiger partial charge on any atom is 0.275 e. The average Bonchev–Trinajstić information content (AvgIpc) is 3.11. The highest BCUT2D eigenvalue weighted by molar-refractivity contribution is 14.1. The molecule has 0 spiro atoms. The molecule has 2 heterocycles. The molecular formula is C14H10ClFIN5O. The Balaban J connectivity index is 1.71. The van der Waals surface area contributed by atoms with E-state index in [4.69, 9.17) is 11.6 Å². The van der Waals surface area contributed by atoms with Gasteiger partial charge in [0.05, 0.1) is 16.3 Å².